The van der Waals surface area contributed by atoms with Crippen LogP contribution in [0.4, 0.5) is 5.82 Å². The Labute approximate surface area is 129 Å². The Morgan fingerprint density at radius 2 is 2.32 bits per heavy atom. The summed E-state index contributed by atoms with van der Waals surface area (Å²) < 4.78 is 6.49. The average molecular weight is 316 g/mol. The highest BCUT2D eigenvalue weighted by Crippen LogP contribution is 2.16. The molecule has 0 aromatic carbocycles. The molecular weight excluding hydrogens is 304 g/mol. The zero-order valence-corrected chi connectivity index (χ0v) is 12.4. The third-order valence-electron chi connectivity index (χ3n) is 2.61. The molecule has 0 aliphatic heterocycles. The number of rotatable bonds is 5. The summed E-state index contributed by atoms with van der Waals surface area (Å²) in [6, 6.07) is 7.05. The average Bonchev–Trinajstić information content (AvgIpc) is 3.18. The van der Waals surface area contributed by atoms with Gasteiger partial charge in [-0.15, -0.1) is 10.2 Å². The minimum atomic E-state index is -0.184. The first-order valence-electron chi connectivity index (χ1n) is 6.40. The van der Waals surface area contributed by atoms with E-state index in [1.165, 1.54) is 11.8 Å². The van der Waals surface area contributed by atoms with E-state index < -0.39 is 0 Å². The van der Waals surface area contributed by atoms with E-state index in [4.69, 9.17) is 4.52 Å². The minimum absolute atomic E-state index is 0.184. The topological polar surface area (TPSA) is 98.7 Å². The van der Waals surface area contributed by atoms with Crippen molar-refractivity contribution in [2.75, 3.05) is 11.1 Å². The first-order valence-corrected chi connectivity index (χ1v) is 7.39. The van der Waals surface area contributed by atoms with Crippen molar-refractivity contribution in [1.29, 1.82) is 0 Å². The van der Waals surface area contributed by atoms with Crippen molar-refractivity contribution in [3.63, 3.8) is 0 Å². The first kappa shape index (κ1) is 14.3. The van der Waals surface area contributed by atoms with Gasteiger partial charge in [0.15, 0.2) is 11.6 Å². The molecule has 1 amide bonds. The number of aromatic nitrogens is 5. The lowest BCUT2D eigenvalue weighted by atomic mass is 10.5. The third kappa shape index (κ3) is 3.50. The van der Waals surface area contributed by atoms with Crippen molar-refractivity contribution in [3.05, 3.63) is 42.4 Å². The lowest BCUT2D eigenvalue weighted by Crippen LogP contribution is -2.14. The first-order chi connectivity index (χ1) is 10.7. The van der Waals surface area contributed by atoms with Gasteiger partial charge in [-0.05, 0) is 25.1 Å². The number of anilines is 1. The number of aryl methyl sites for hydroxylation is 1. The number of carbonyl (C=O) groups excluding carboxylic acids is 1. The Balaban J connectivity index is 1.54. The molecule has 0 saturated heterocycles. The molecule has 3 aromatic rings. The minimum Gasteiger partial charge on any atom is -0.360 e. The molecule has 8 nitrogen and oxygen atoms in total. The molecule has 1 N–H and O–H groups in total. The standard InChI is InChI=1S/C13H12N6O2S/c1-9-7-10(18-21-9)15-12(20)8-22-13-4-3-11(16-17-13)19-6-2-5-14-19/h2-7H,8H2,1H3,(H,15,18,20). The second-order valence-electron chi connectivity index (χ2n) is 4.34. The molecule has 0 saturated carbocycles. The van der Waals surface area contributed by atoms with E-state index in [1.807, 2.05) is 0 Å². The van der Waals surface area contributed by atoms with E-state index in [0.29, 0.717) is 22.4 Å². The molecule has 3 heterocycles. The Morgan fingerprint density at radius 3 is 2.95 bits per heavy atom. The maximum absolute atomic E-state index is 11.8. The van der Waals surface area contributed by atoms with E-state index in [2.05, 4.69) is 25.8 Å². The molecule has 0 radical (unpaired) electrons. The van der Waals surface area contributed by atoms with Crippen LogP contribution in [0.2, 0.25) is 0 Å². The molecule has 0 fully saturated rings. The van der Waals surface area contributed by atoms with Gasteiger partial charge in [-0.25, -0.2) is 4.68 Å². The van der Waals surface area contributed by atoms with E-state index in [1.54, 1.807) is 48.3 Å². The van der Waals surface area contributed by atoms with Gasteiger partial charge in [0.05, 0.1) is 5.75 Å². The van der Waals surface area contributed by atoms with Gasteiger partial charge in [0.2, 0.25) is 5.91 Å². The zero-order chi connectivity index (χ0) is 15.4. The van der Waals surface area contributed by atoms with Crippen LogP contribution in [0.1, 0.15) is 5.76 Å². The van der Waals surface area contributed by atoms with Crippen LogP contribution in [0.5, 0.6) is 0 Å². The number of hydrogen-bond donors (Lipinski definition) is 1. The summed E-state index contributed by atoms with van der Waals surface area (Å²) in [4.78, 5) is 11.8. The van der Waals surface area contributed by atoms with E-state index >= 15 is 0 Å². The maximum Gasteiger partial charge on any atom is 0.236 e. The monoisotopic (exact) mass is 316 g/mol. The van der Waals surface area contributed by atoms with Crippen LogP contribution in [0.15, 0.2) is 46.2 Å². The quantitative estimate of drug-likeness (QED) is 0.715. The Hall–Kier alpha value is -2.68. The molecule has 3 rings (SSSR count). The summed E-state index contributed by atoms with van der Waals surface area (Å²) in [7, 11) is 0. The predicted molar refractivity (Wildman–Crippen MR) is 79.7 cm³/mol. The molecule has 0 unspecified atom stereocenters. The van der Waals surface area contributed by atoms with Crippen molar-refractivity contribution < 1.29 is 9.32 Å². The van der Waals surface area contributed by atoms with Gasteiger partial charge in [-0.2, -0.15) is 5.10 Å². The van der Waals surface area contributed by atoms with Crippen LogP contribution in [0.3, 0.4) is 0 Å². The smallest absolute Gasteiger partial charge is 0.236 e. The van der Waals surface area contributed by atoms with E-state index in [9.17, 15) is 4.79 Å². The van der Waals surface area contributed by atoms with Crippen molar-refractivity contribution >= 4 is 23.5 Å². The fourth-order valence-electron chi connectivity index (χ4n) is 1.66. The molecule has 0 atom stereocenters. The van der Waals surface area contributed by atoms with Crippen LogP contribution in [0, 0.1) is 6.92 Å². The molecule has 0 spiro atoms. The lowest BCUT2D eigenvalue weighted by molar-refractivity contribution is -0.113. The second-order valence-corrected chi connectivity index (χ2v) is 5.34. The second kappa shape index (κ2) is 6.39. The largest absolute Gasteiger partial charge is 0.360 e. The third-order valence-corrected chi connectivity index (χ3v) is 3.53. The summed E-state index contributed by atoms with van der Waals surface area (Å²) in [5.41, 5.74) is 0. The van der Waals surface area contributed by atoms with Gasteiger partial charge in [0.1, 0.15) is 10.8 Å². The summed E-state index contributed by atoms with van der Waals surface area (Å²) >= 11 is 1.29. The number of nitrogens with one attached hydrogen (secondary N) is 1. The Kier molecular flexibility index (Phi) is 4.15. The molecule has 22 heavy (non-hydrogen) atoms. The fourth-order valence-corrected chi connectivity index (χ4v) is 2.27. The summed E-state index contributed by atoms with van der Waals surface area (Å²) in [5.74, 6) is 1.70. The van der Waals surface area contributed by atoms with Gasteiger partial charge in [0, 0.05) is 18.5 Å². The van der Waals surface area contributed by atoms with Gasteiger partial charge in [-0.3, -0.25) is 4.79 Å². The predicted octanol–water partition coefficient (Wildman–Crippen LogP) is 1.69. The number of amides is 1. The number of thioether (sulfide) groups is 1. The Bertz CT molecular complexity index is 753. The lowest BCUT2D eigenvalue weighted by Gasteiger charge is -2.02. The van der Waals surface area contributed by atoms with Crippen LogP contribution in [-0.2, 0) is 4.79 Å². The van der Waals surface area contributed by atoms with Gasteiger partial charge in [0.25, 0.3) is 0 Å². The highest BCUT2D eigenvalue weighted by molar-refractivity contribution is 7.99. The van der Waals surface area contributed by atoms with Gasteiger partial charge in [-0.1, -0.05) is 16.9 Å². The van der Waals surface area contributed by atoms with Crippen molar-refractivity contribution in [2.24, 2.45) is 0 Å². The molecular formula is C13H12N6O2S. The van der Waals surface area contributed by atoms with Crippen LogP contribution < -0.4 is 5.32 Å². The Morgan fingerprint density at radius 1 is 1.41 bits per heavy atom. The van der Waals surface area contributed by atoms with Gasteiger partial charge < -0.3 is 9.84 Å². The summed E-state index contributed by atoms with van der Waals surface area (Å²) in [6.07, 6.45) is 3.45. The van der Waals surface area contributed by atoms with Crippen LogP contribution >= 0.6 is 11.8 Å². The summed E-state index contributed by atoms with van der Waals surface area (Å²) in [5, 5.41) is 19.2. The van der Waals surface area contributed by atoms with E-state index in [0.717, 1.165) is 0 Å². The highest BCUT2D eigenvalue weighted by atomic mass is 32.2. The molecule has 0 aliphatic carbocycles. The fraction of sp³-hybridized carbons (Fsp3) is 0.154. The van der Waals surface area contributed by atoms with Crippen LogP contribution in [-0.4, -0.2) is 36.8 Å². The molecule has 0 bridgehead atoms. The molecule has 9 heteroatoms. The molecule has 3 aromatic heterocycles. The normalized spacial score (nSPS) is 10.6. The highest BCUT2D eigenvalue weighted by Gasteiger charge is 2.08. The molecule has 0 aliphatic rings. The van der Waals surface area contributed by atoms with Crippen molar-refractivity contribution in [1.82, 2.24) is 25.1 Å². The zero-order valence-electron chi connectivity index (χ0n) is 11.6. The molecule has 112 valence electrons. The number of hydrogen-bond acceptors (Lipinski definition) is 7. The van der Waals surface area contributed by atoms with Crippen molar-refractivity contribution in [3.8, 4) is 5.82 Å². The SMILES string of the molecule is Cc1cc(NC(=O)CSc2ccc(-n3cccn3)nn2)no1. The van der Waals surface area contributed by atoms with Crippen molar-refractivity contribution in [2.45, 2.75) is 11.9 Å². The van der Waals surface area contributed by atoms with E-state index in [-0.39, 0.29) is 11.7 Å². The maximum atomic E-state index is 11.8. The number of nitrogens with zero attached hydrogens (tertiary/aromatic N) is 5. The number of carbonyl (C=O) groups is 1. The van der Waals surface area contributed by atoms with Crippen LogP contribution in [0.25, 0.3) is 5.82 Å². The summed E-state index contributed by atoms with van der Waals surface area (Å²) in [6.45, 7) is 1.76. The van der Waals surface area contributed by atoms with Gasteiger partial charge >= 0.3 is 0 Å².